The normalized spacial score (nSPS) is 13.3. The van der Waals surface area contributed by atoms with Crippen molar-refractivity contribution in [3.05, 3.63) is 34.9 Å². The van der Waals surface area contributed by atoms with Gasteiger partial charge in [-0.1, -0.05) is 30.7 Å². The summed E-state index contributed by atoms with van der Waals surface area (Å²) in [7, 11) is 1.68. The fraction of sp³-hybridized carbons (Fsp3) is 0.467. The number of hydrogen-bond donors (Lipinski definition) is 2. The van der Waals surface area contributed by atoms with Crippen molar-refractivity contribution in [1.29, 1.82) is 0 Å². The van der Waals surface area contributed by atoms with Crippen molar-refractivity contribution in [2.45, 2.75) is 26.3 Å². The maximum atomic E-state index is 12.1. The van der Waals surface area contributed by atoms with E-state index in [9.17, 15) is 9.59 Å². The van der Waals surface area contributed by atoms with Crippen LogP contribution in [-0.2, 0) is 4.79 Å². The first kappa shape index (κ1) is 17.3. The van der Waals surface area contributed by atoms with E-state index in [-0.39, 0.29) is 18.6 Å². The number of carbonyl (C=O) groups excluding carboxylic acids is 1. The zero-order valence-electron chi connectivity index (χ0n) is 12.5. The van der Waals surface area contributed by atoms with E-state index in [0.717, 1.165) is 5.56 Å². The Kier molecular flexibility index (Phi) is 6.49. The molecule has 1 rings (SSSR count). The van der Waals surface area contributed by atoms with Gasteiger partial charge in [0.05, 0.1) is 12.0 Å². The topological polar surface area (TPSA) is 69.6 Å². The van der Waals surface area contributed by atoms with Gasteiger partial charge in [-0.05, 0) is 31.0 Å². The van der Waals surface area contributed by atoms with Gasteiger partial charge in [0, 0.05) is 18.6 Å². The molecule has 0 bridgehead atoms. The number of carboxylic acid groups (broad SMARTS) is 1. The maximum Gasteiger partial charge on any atom is 0.317 e. The van der Waals surface area contributed by atoms with Gasteiger partial charge in [0.1, 0.15) is 0 Å². The van der Waals surface area contributed by atoms with E-state index >= 15 is 0 Å². The van der Waals surface area contributed by atoms with Gasteiger partial charge in [0.2, 0.25) is 0 Å². The molecule has 5 nitrogen and oxygen atoms in total. The van der Waals surface area contributed by atoms with Crippen molar-refractivity contribution in [3.63, 3.8) is 0 Å². The van der Waals surface area contributed by atoms with E-state index in [1.807, 2.05) is 19.1 Å². The van der Waals surface area contributed by atoms with Gasteiger partial charge in [-0.25, -0.2) is 4.79 Å². The van der Waals surface area contributed by atoms with Crippen LogP contribution in [0.25, 0.3) is 0 Å². The second-order valence-corrected chi connectivity index (χ2v) is 5.40. The minimum atomic E-state index is -0.897. The van der Waals surface area contributed by atoms with Crippen molar-refractivity contribution in [3.8, 4) is 0 Å². The number of urea groups is 1. The predicted octanol–water partition coefficient (Wildman–Crippen LogP) is 3.15. The zero-order chi connectivity index (χ0) is 16.0. The molecular weight excluding hydrogens is 292 g/mol. The quantitative estimate of drug-likeness (QED) is 0.847. The molecule has 0 saturated heterocycles. The van der Waals surface area contributed by atoms with Crippen molar-refractivity contribution in [2.75, 3.05) is 13.6 Å². The largest absolute Gasteiger partial charge is 0.481 e. The summed E-state index contributed by atoms with van der Waals surface area (Å²) in [5.74, 6) is -1.46. The van der Waals surface area contributed by atoms with E-state index in [4.69, 9.17) is 16.7 Å². The standard InChI is InChI=1S/C15H21ClN2O3/c1-4-11(14(19)20)9-17-15(21)18(3)10(2)12-5-7-13(16)8-6-12/h5-8,10-11H,4,9H2,1-3H3,(H,17,21)(H,19,20). The van der Waals surface area contributed by atoms with Crippen molar-refractivity contribution in [2.24, 2.45) is 5.92 Å². The number of nitrogens with zero attached hydrogens (tertiary/aromatic N) is 1. The first-order valence-corrected chi connectivity index (χ1v) is 7.23. The Morgan fingerprint density at radius 3 is 2.38 bits per heavy atom. The van der Waals surface area contributed by atoms with E-state index in [1.54, 1.807) is 26.1 Å². The lowest BCUT2D eigenvalue weighted by Crippen LogP contribution is -2.41. The average molecular weight is 313 g/mol. The molecule has 2 unspecified atom stereocenters. The molecule has 0 aliphatic carbocycles. The number of hydrogen-bond acceptors (Lipinski definition) is 2. The SMILES string of the molecule is CCC(CNC(=O)N(C)C(C)c1ccc(Cl)cc1)C(=O)O. The van der Waals surface area contributed by atoms with Crippen LogP contribution in [0.3, 0.4) is 0 Å². The molecule has 2 atom stereocenters. The Labute approximate surface area is 129 Å². The lowest BCUT2D eigenvalue weighted by molar-refractivity contribution is -0.141. The lowest BCUT2D eigenvalue weighted by atomic mass is 10.1. The van der Waals surface area contributed by atoms with Gasteiger partial charge in [-0.3, -0.25) is 4.79 Å². The summed E-state index contributed by atoms with van der Waals surface area (Å²) in [6.07, 6.45) is 0.478. The van der Waals surface area contributed by atoms with Crippen molar-refractivity contribution in [1.82, 2.24) is 10.2 Å². The summed E-state index contributed by atoms with van der Waals surface area (Å²) in [5, 5.41) is 12.3. The molecule has 6 heteroatoms. The summed E-state index contributed by atoms with van der Waals surface area (Å²) in [6.45, 7) is 3.81. The predicted molar refractivity (Wildman–Crippen MR) is 82.4 cm³/mol. The molecule has 0 aliphatic rings. The van der Waals surface area contributed by atoms with Gasteiger partial charge >= 0.3 is 12.0 Å². The number of benzene rings is 1. The molecule has 21 heavy (non-hydrogen) atoms. The van der Waals surface area contributed by atoms with Crippen LogP contribution in [0.5, 0.6) is 0 Å². The summed E-state index contributed by atoms with van der Waals surface area (Å²) < 4.78 is 0. The van der Waals surface area contributed by atoms with Crippen LogP contribution >= 0.6 is 11.6 Å². The highest BCUT2D eigenvalue weighted by Crippen LogP contribution is 2.20. The Morgan fingerprint density at radius 2 is 1.90 bits per heavy atom. The van der Waals surface area contributed by atoms with E-state index in [1.165, 1.54) is 4.90 Å². The smallest absolute Gasteiger partial charge is 0.317 e. The number of carbonyl (C=O) groups is 2. The zero-order valence-corrected chi connectivity index (χ0v) is 13.2. The van der Waals surface area contributed by atoms with E-state index < -0.39 is 11.9 Å². The maximum absolute atomic E-state index is 12.1. The lowest BCUT2D eigenvalue weighted by Gasteiger charge is -2.26. The Balaban J connectivity index is 2.61. The third-order valence-electron chi connectivity index (χ3n) is 3.60. The number of aliphatic carboxylic acids is 1. The third-order valence-corrected chi connectivity index (χ3v) is 3.85. The van der Waals surface area contributed by atoms with Crippen LogP contribution < -0.4 is 5.32 Å². The molecule has 1 aromatic rings. The van der Waals surface area contributed by atoms with Crippen molar-refractivity contribution >= 4 is 23.6 Å². The molecular formula is C15H21ClN2O3. The highest BCUT2D eigenvalue weighted by molar-refractivity contribution is 6.30. The Hall–Kier alpha value is -1.75. The minimum Gasteiger partial charge on any atom is -0.481 e. The van der Waals surface area contributed by atoms with E-state index in [0.29, 0.717) is 11.4 Å². The molecule has 0 spiro atoms. The first-order chi connectivity index (χ1) is 9.86. The van der Waals surface area contributed by atoms with Gasteiger partial charge in [0.15, 0.2) is 0 Å². The van der Waals surface area contributed by atoms with Crippen LogP contribution in [0.4, 0.5) is 4.79 Å². The van der Waals surface area contributed by atoms with Gasteiger partial charge in [-0.15, -0.1) is 0 Å². The van der Waals surface area contributed by atoms with Crippen LogP contribution in [0.2, 0.25) is 5.02 Å². The molecule has 0 radical (unpaired) electrons. The Bertz CT molecular complexity index is 490. The fourth-order valence-electron chi connectivity index (χ4n) is 1.88. The number of halogens is 1. The molecule has 2 N–H and O–H groups in total. The number of amides is 2. The van der Waals surface area contributed by atoms with Crippen LogP contribution in [0.1, 0.15) is 31.9 Å². The molecule has 0 fully saturated rings. The second kappa shape index (κ2) is 7.88. The van der Waals surface area contributed by atoms with Crippen LogP contribution in [-0.4, -0.2) is 35.6 Å². The fourth-order valence-corrected chi connectivity index (χ4v) is 2.01. The second-order valence-electron chi connectivity index (χ2n) is 4.97. The first-order valence-electron chi connectivity index (χ1n) is 6.85. The summed E-state index contributed by atoms with van der Waals surface area (Å²) >= 11 is 5.84. The van der Waals surface area contributed by atoms with Crippen LogP contribution in [0.15, 0.2) is 24.3 Å². The highest BCUT2D eigenvalue weighted by Gasteiger charge is 2.20. The highest BCUT2D eigenvalue weighted by atomic mass is 35.5. The molecule has 0 heterocycles. The molecule has 2 amide bonds. The number of nitrogens with one attached hydrogen (secondary N) is 1. The van der Waals surface area contributed by atoms with Gasteiger partial charge < -0.3 is 15.3 Å². The summed E-state index contributed by atoms with van der Waals surface area (Å²) in [5.41, 5.74) is 0.960. The molecule has 0 saturated carbocycles. The minimum absolute atomic E-state index is 0.127. The van der Waals surface area contributed by atoms with Crippen molar-refractivity contribution < 1.29 is 14.7 Å². The summed E-state index contributed by atoms with van der Waals surface area (Å²) in [6, 6.07) is 6.85. The molecule has 0 aromatic heterocycles. The molecule has 116 valence electrons. The van der Waals surface area contributed by atoms with Crippen LogP contribution in [0, 0.1) is 5.92 Å². The van der Waals surface area contributed by atoms with E-state index in [2.05, 4.69) is 5.32 Å². The van der Waals surface area contributed by atoms with Gasteiger partial charge in [-0.2, -0.15) is 0 Å². The average Bonchev–Trinajstić information content (AvgIpc) is 2.46. The third kappa shape index (κ3) is 4.93. The van der Waals surface area contributed by atoms with Gasteiger partial charge in [0.25, 0.3) is 0 Å². The monoisotopic (exact) mass is 312 g/mol. The summed E-state index contributed by atoms with van der Waals surface area (Å²) in [4.78, 5) is 24.5. The Morgan fingerprint density at radius 1 is 1.33 bits per heavy atom. The molecule has 0 aliphatic heterocycles. The molecule has 1 aromatic carbocycles. The number of rotatable bonds is 6. The number of carboxylic acids is 1.